The van der Waals surface area contributed by atoms with E-state index in [4.69, 9.17) is 9.47 Å². The first-order chi connectivity index (χ1) is 17.8. The van der Waals surface area contributed by atoms with Gasteiger partial charge in [0.15, 0.2) is 0 Å². The first-order valence-corrected chi connectivity index (χ1v) is 12.1. The van der Waals surface area contributed by atoms with Crippen LogP contribution in [0.4, 0.5) is 29.3 Å². The lowest BCUT2D eigenvalue weighted by molar-refractivity contribution is -0.138. The van der Waals surface area contributed by atoms with Crippen LogP contribution in [0.5, 0.6) is 11.5 Å². The molecule has 3 aromatic rings. The van der Waals surface area contributed by atoms with Gasteiger partial charge < -0.3 is 19.3 Å². The van der Waals surface area contributed by atoms with Crippen molar-refractivity contribution in [3.63, 3.8) is 0 Å². The number of urea groups is 1. The Balaban J connectivity index is 1.49. The molecular weight excluding hydrogens is 483 g/mol. The van der Waals surface area contributed by atoms with Crippen molar-refractivity contribution in [1.82, 2.24) is 4.90 Å². The summed E-state index contributed by atoms with van der Waals surface area (Å²) in [4.78, 5) is 19.3. The van der Waals surface area contributed by atoms with Crippen LogP contribution in [-0.2, 0) is 19.3 Å². The van der Waals surface area contributed by atoms with Crippen LogP contribution in [-0.4, -0.2) is 44.3 Å². The van der Waals surface area contributed by atoms with Crippen molar-refractivity contribution in [1.29, 1.82) is 0 Å². The van der Waals surface area contributed by atoms with E-state index < -0.39 is 11.7 Å². The van der Waals surface area contributed by atoms with Crippen molar-refractivity contribution in [2.75, 3.05) is 37.1 Å². The molecule has 1 fully saturated rings. The zero-order chi connectivity index (χ0) is 26.2. The second-order valence-corrected chi connectivity index (χ2v) is 9.18. The minimum atomic E-state index is -4.53. The van der Waals surface area contributed by atoms with Crippen LogP contribution in [0.2, 0.25) is 0 Å². The number of anilines is 2. The molecule has 2 aliphatic rings. The SMILES string of the molecule is COc1ccccc1N1CC[C@@H](N2Cc3cccc(OC)c3N(Cc3ccccc3C(F)(F)F)C2=O)C1. The van der Waals surface area contributed by atoms with Gasteiger partial charge in [0.2, 0.25) is 0 Å². The third-order valence-corrected chi connectivity index (χ3v) is 7.07. The van der Waals surface area contributed by atoms with Gasteiger partial charge in [0, 0.05) is 19.6 Å². The van der Waals surface area contributed by atoms with Gasteiger partial charge in [0.25, 0.3) is 0 Å². The summed E-state index contributed by atoms with van der Waals surface area (Å²) >= 11 is 0. The zero-order valence-corrected chi connectivity index (χ0v) is 20.7. The van der Waals surface area contributed by atoms with Gasteiger partial charge in [0.1, 0.15) is 11.5 Å². The second-order valence-electron chi connectivity index (χ2n) is 9.18. The van der Waals surface area contributed by atoms with Gasteiger partial charge in [-0.3, -0.25) is 4.90 Å². The molecule has 1 saturated heterocycles. The highest BCUT2D eigenvalue weighted by molar-refractivity contribution is 5.97. The fourth-order valence-electron chi connectivity index (χ4n) is 5.31. The third-order valence-electron chi connectivity index (χ3n) is 7.07. The van der Waals surface area contributed by atoms with Gasteiger partial charge in [0.05, 0.1) is 43.7 Å². The van der Waals surface area contributed by atoms with Gasteiger partial charge in [-0.25, -0.2) is 4.79 Å². The largest absolute Gasteiger partial charge is 0.495 e. The number of hydrogen-bond acceptors (Lipinski definition) is 4. The maximum atomic E-state index is 13.9. The normalized spacial score (nSPS) is 17.7. The average Bonchev–Trinajstić information content (AvgIpc) is 3.39. The Morgan fingerprint density at radius 3 is 2.38 bits per heavy atom. The molecule has 2 aliphatic heterocycles. The van der Waals surface area contributed by atoms with Gasteiger partial charge in [-0.15, -0.1) is 0 Å². The first kappa shape index (κ1) is 24.8. The molecule has 5 rings (SSSR count). The number of carbonyl (C=O) groups is 1. The fourth-order valence-corrected chi connectivity index (χ4v) is 5.31. The molecular formula is C28H28F3N3O3. The average molecular weight is 512 g/mol. The lowest BCUT2D eigenvalue weighted by Crippen LogP contribution is -2.52. The zero-order valence-electron chi connectivity index (χ0n) is 20.7. The van der Waals surface area contributed by atoms with Gasteiger partial charge in [-0.05, 0) is 41.8 Å². The molecule has 0 aromatic heterocycles. The number of nitrogens with zero attached hydrogens (tertiary/aromatic N) is 3. The number of halogens is 3. The molecule has 37 heavy (non-hydrogen) atoms. The standard InChI is InChI=1S/C28H28F3N3O3/c1-36-24-12-6-5-11-23(24)32-15-14-21(18-32)33-17-20-9-7-13-25(37-2)26(20)34(27(33)35)16-19-8-3-4-10-22(19)28(29,30)31/h3-13,21H,14-18H2,1-2H3/t21-/m1/s1. The van der Waals surface area contributed by atoms with Crippen LogP contribution in [0.15, 0.2) is 66.7 Å². The van der Waals surface area contributed by atoms with Crippen LogP contribution >= 0.6 is 0 Å². The molecule has 0 spiro atoms. The highest BCUT2D eigenvalue weighted by Gasteiger charge is 2.41. The molecule has 1 atom stereocenters. The molecule has 0 unspecified atom stereocenters. The minimum Gasteiger partial charge on any atom is -0.495 e. The molecule has 0 bridgehead atoms. The number of carbonyl (C=O) groups excluding carboxylic acids is 1. The van der Waals surface area contributed by atoms with E-state index in [0.29, 0.717) is 24.5 Å². The molecule has 9 heteroatoms. The highest BCUT2D eigenvalue weighted by atomic mass is 19.4. The maximum Gasteiger partial charge on any atom is 0.416 e. The number of para-hydroxylation sites is 3. The molecule has 3 aromatic carbocycles. The molecule has 0 aliphatic carbocycles. The Labute approximate surface area is 213 Å². The molecule has 2 amide bonds. The van der Waals surface area contributed by atoms with Crippen molar-refractivity contribution in [3.05, 3.63) is 83.4 Å². The van der Waals surface area contributed by atoms with Crippen LogP contribution < -0.4 is 19.3 Å². The number of methoxy groups -OCH3 is 2. The Morgan fingerprint density at radius 1 is 0.919 bits per heavy atom. The van der Waals surface area contributed by atoms with Crippen molar-refractivity contribution < 1.29 is 27.4 Å². The predicted molar refractivity (Wildman–Crippen MR) is 135 cm³/mol. The van der Waals surface area contributed by atoms with Crippen LogP contribution in [0.25, 0.3) is 0 Å². The van der Waals surface area contributed by atoms with E-state index >= 15 is 0 Å². The monoisotopic (exact) mass is 511 g/mol. The smallest absolute Gasteiger partial charge is 0.416 e. The Hall–Kier alpha value is -3.88. The fraction of sp³-hybridized carbons (Fsp3) is 0.321. The first-order valence-electron chi connectivity index (χ1n) is 12.1. The Bertz CT molecular complexity index is 1300. The van der Waals surface area contributed by atoms with E-state index in [-0.39, 0.29) is 24.2 Å². The van der Waals surface area contributed by atoms with Gasteiger partial charge in [-0.2, -0.15) is 13.2 Å². The van der Waals surface area contributed by atoms with E-state index in [2.05, 4.69) is 4.90 Å². The number of benzene rings is 3. The predicted octanol–water partition coefficient (Wildman–Crippen LogP) is 5.94. The molecule has 6 nitrogen and oxygen atoms in total. The molecule has 194 valence electrons. The quantitative estimate of drug-likeness (QED) is 0.411. The summed E-state index contributed by atoms with van der Waals surface area (Å²) < 4.78 is 52.4. The lowest BCUT2D eigenvalue weighted by Gasteiger charge is -2.41. The highest BCUT2D eigenvalue weighted by Crippen LogP contribution is 2.41. The third kappa shape index (κ3) is 4.65. The van der Waals surface area contributed by atoms with Gasteiger partial charge >= 0.3 is 12.2 Å². The minimum absolute atomic E-state index is 0.0316. The summed E-state index contributed by atoms with van der Waals surface area (Å²) in [5, 5.41) is 0. The molecule has 0 saturated carbocycles. The van der Waals surface area contributed by atoms with Crippen LogP contribution in [0.1, 0.15) is 23.1 Å². The topological polar surface area (TPSA) is 45.2 Å². The van der Waals surface area contributed by atoms with Crippen molar-refractivity contribution in [3.8, 4) is 11.5 Å². The second kappa shape index (κ2) is 9.88. The van der Waals surface area contributed by atoms with E-state index in [1.54, 1.807) is 24.1 Å². The van der Waals surface area contributed by atoms with E-state index in [1.165, 1.54) is 24.1 Å². The number of amides is 2. The summed E-state index contributed by atoms with van der Waals surface area (Å²) in [7, 11) is 3.12. The molecule has 0 N–H and O–H groups in total. The van der Waals surface area contributed by atoms with Crippen molar-refractivity contribution in [2.24, 2.45) is 0 Å². The van der Waals surface area contributed by atoms with Crippen LogP contribution in [0.3, 0.4) is 0 Å². The number of alkyl halides is 3. The maximum absolute atomic E-state index is 13.9. The van der Waals surface area contributed by atoms with Crippen molar-refractivity contribution in [2.45, 2.75) is 31.7 Å². The Kier molecular flexibility index (Phi) is 6.62. The number of rotatable bonds is 6. The summed E-state index contributed by atoms with van der Waals surface area (Å²) in [5.41, 5.74) is 1.58. The summed E-state index contributed by atoms with van der Waals surface area (Å²) in [6.07, 6.45) is -3.80. The van der Waals surface area contributed by atoms with Gasteiger partial charge in [-0.1, -0.05) is 42.5 Å². The molecule has 0 radical (unpaired) electrons. The summed E-state index contributed by atoms with van der Waals surface area (Å²) in [6, 6.07) is 18.1. The van der Waals surface area contributed by atoms with Crippen molar-refractivity contribution >= 4 is 17.4 Å². The lowest BCUT2D eigenvalue weighted by atomic mass is 10.0. The Morgan fingerprint density at radius 2 is 1.62 bits per heavy atom. The summed E-state index contributed by atoms with van der Waals surface area (Å²) in [5.74, 6) is 1.21. The van der Waals surface area contributed by atoms with E-state index in [9.17, 15) is 18.0 Å². The molecule has 2 heterocycles. The van der Waals surface area contributed by atoms with Crippen LogP contribution in [0, 0.1) is 0 Å². The number of hydrogen-bond donors (Lipinski definition) is 0. The summed E-state index contributed by atoms with van der Waals surface area (Å²) in [6.45, 7) is 1.46. The number of ether oxygens (including phenoxy) is 2. The van der Waals surface area contributed by atoms with E-state index in [1.807, 2.05) is 36.4 Å². The van der Waals surface area contributed by atoms with E-state index in [0.717, 1.165) is 36.0 Å². The number of fused-ring (bicyclic) bond motifs is 1.